The van der Waals surface area contributed by atoms with Crippen molar-refractivity contribution in [1.82, 2.24) is 0 Å². The van der Waals surface area contributed by atoms with E-state index in [2.05, 4.69) is 17.5 Å². The fourth-order valence-corrected chi connectivity index (χ4v) is 4.41. The van der Waals surface area contributed by atoms with E-state index >= 15 is 0 Å². The standard InChI is InChI=1S/C20H17ClN2O4/c1-27-20(24)14-9-10-15(21)19-17(14)11-6-4-7-12(11)18(22-19)13-5-2-3-8-16(13)23(25)26/h2-6,8-12,18,22H,7H2,1H3/t11-,12+,18-/m1/s1. The summed E-state index contributed by atoms with van der Waals surface area (Å²) in [6.45, 7) is 0. The molecule has 27 heavy (non-hydrogen) atoms. The summed E-state index contributed by atoms with van der Waals surface area (Å²) in [6, 6.07) is 9.77. The normalized spacial score (nSPS) is 22.5. The molecule has 2 aliphatic rings. The molecule has 0 saturated carbocycles. The lowest BCUT2D eigenvalue weighted by Crippen LogP contribution is -2.31. The van der Waals surface area contributed by atoms with Gasteiger partial charge in [-0.05, 0) is 30.0 Å². The highest BCUT2D eigenvalue weighted by Gasteiger charge is 2.42. The summed E-state index contributed by atoms with van der Waals surface area (Å²) in [4.78, 5) is 23.4. The van der Waals surface area contributed by atoms with E-state index in [1.54, 1.807) is 30.3 Å². The minimum Gasteiger partial charge on any atom is -0.465 e. The van der Waals surface area contributed by atoms with Gasteiger partial charge in [0.15, 0.2) is 0 Å². The average Bonchev–Trinajstić information content (AvgIpc) is 3.17. The number of carbonyl (C=O) groups is 1. The quantitative estimate of drug-likeness (QED) is 0.353. The van der Waals surface area contributed by atoms with Gasteiger partial charge in [0, 0.05) is 12.0 Å². The van der Waals surface area contributed by atoms with E-state index in [0.717, 1.165) is 12.0 Å². The Balaban J connectivity index is 1.89. The molecule has 0 radical (unpaired) electrons. The Labute approximate surface area is 160 Å². The van der Waals surface area contributed by atoms with Crippen molar-refractivity contribution in [2.75, 3.05) is 12.4 Å². The van der Waals surface area contributed by atoms with Crippen molar-refractivity contribution in [3.63, 3.8) is 0 Å². The fraction of sp³-hybridized carbons (Fsp3) is 0.250. The molecule has 0 fully saturated rings. The summed E-state index contributed by atoms with van der Waals surface area (Å²) in [5, 5.41) is 15.4. The molecule has 1 aliphatic carbocycles. The molecule has 138 valence electrons. The number of nitrogens with one attached hydrogen (secondary N) is 1. The van der Waals surface area contributed by atoms with Gasteiger partial charge in [0.1, 0.15) is 0 Å². The maximum absolute atomic E-state index is 12.3. The van der Waals surface area contributed by atoms with Gasteiger partial charge in [-0.15, -0.1) is 0 Å². The Morgan fingerprint density at radius 3 is 2.81 bits per heavy atom. The Kier molecular flexibility index (Phi) is 4.36. The largest absolute Gasteiger partial charge is 0.465 e. The first-order valence-electron chi connectivity index (χ1n) is 8.60. The van der Waals surface area contributed by atoms with Gasteiger partial charge in [-0.3, -0.25) is 10.1 Å². The van der Waals surface area contributed by atoms with Crippen LogP contribution in [0, 0.1) is 16.0 Å². The number of anilines is 1. The zero-order chi connectivity index (χ0) is 19.1. The summed E-state index contributed by atoms with van der Waals surface area (Å²) >= 11 is 6.43. The number of carbonyl (C=O) groups excluding carboxylic acids is 1. The van der Waals surface area contributed by atoms with Crippen LogP contribution in [0.25, 0.3) is 0 Å². The molecule has 7 heteroatoms. The zero-order valence-corrected chi connectivity index (χ0v) is 15.3. The monoisotopic (exact) mass is 384 g/mol. The molecule has 0 bridgehead atoms. The van der Waals surface area contributed by atoms with E-state index in [-0.39, 0.29) is 28.5 Å². The predicted octanol–water partition coefficient (Wildman–Crippen LogP) is 4.86. The molecule has 6 nitrogen and oxygen atoms in total. The number of benzene rings is 2. The SMILES string of the molecule is COC(=O)c1ccc(Cl)c2c1[C@@H]1C=CC[C@@H]1[C@H](c1ccccc1[N+](=O)[O-])N2. The smallest absolute Gasteiger partial charge is 0.338 e. The van der Waals surface area contributed by atoms with Crippen LogP contribution in [0.5, 0.6) is 0 Å². The molecule has 4 rings (SSSR count). The van der Waals surface area contributed by atoms with Crippen molar-refractivity contribution in [3.05, 3.63) is 80.4 Å². The molecular weight excluding hydrogens is 368 g/mol. The second-order valence-corrected chi connectivity index (χ2v) is 7.07. The Morgan fingerprint density at radius 1 is 1.30 bits per heavy atom. The van der Waals surface area contributed by atoms with E-state index in [0.29, 0.717) is 21.8 Å². The van der Waals surface area contributed by atoms with Gasteiger partial charge in [-0.1, -0.05) is 42.0 Å². The highest BCUT2D eigenvalue weighted by Crippen LogP contribution is 2.53. The van der Waals surface area contributed by atoms with Crippen molar-refractivity contribution in [2.45, 2.75) is 18.4 Å². The third-order valence-electron chi connectivity index (χ3n) is 5.34. The van der Waals surface area contributed by atoms with Gasteiger partial charge >= 0.3 is 5.97 Å². The number of fused-ring (bicyclic) bond motifs is 3. The Hall–Kier alpha value is -2.86. The third kappa shape index (κ3) is 2.77. The number of allylic oxidation sites excluding steroid dienone is 2. The second kappa shape index (κ2) is 6.70. The molecule has 2 aromatic rings. The number of hydrogen-bond donors (Lipinski definition) is 1. The molecule has 1 heterocycles. The minimum atomic E-state index is -0.423. The number of methoxy groups -OCH3 is 1. The molecule has 1 N–H and O–H groups in total. The molecule has 0 aromatic heterocycles. The van der Waals surface area contributed by atoms with Crippen molar-refractivity contribution in [2.24, 2.45) is 5.92 Å². The van der Waals surface area contributed by atoms with E-state index in [9.17, 15) is 14.9 Å². The summed E-state index contributed by atoms with van der Waals surface area (Å²) in [5.74, 6) is -0.452. The number of rotatable bonds is 3. The molecule has 3 atom stereocenters. The van der Waals surface area contributed by atoms with Gasteiger partial charge in [-0.2, -0.15) is 0 Å². The molecule has 2 aromatic carbocycles. The molecule has 0 unspecified atom stereocenters. The number of nitrogens with zero attached hydrogens (tertiary/aromatic N) is 1. The Bertz CT molecular complexity index is 972. The van der Waals surface area contributed by atoms with Crippen LogP contribution in [-0.2, 0) is 4.74 Å². The lowest BCUT2D eigenvalue weighted by Gasteiger charge is -2.38. The van der Waals surface area contributed by atoms with Crippen LogP contribution in [0.4, 0.5) is 11.4 Å². The molecule has 0 saturated heterocycles. The van der Waals surface area contributed by atoms with Crippen LogP contribution < -0.4 is 5.32 Å². The van der Waals surface area contributed by atoms with Gasteiger partial charge < -0.3 is 10.1 Å². The van der Waals surface area contributed by atoms with Gasteiger partial charge in [0.2, 0.25) is 0 Å². The minimum absolute atomic E-state index is 0.0421. The summed E-state index contributed by atoms with van der Waals surface area (Å²) < 4.78 is 4.93. The van der Waals surface area contributed by atoms with Gasteiger partial charge in [0.25, 0.3) is 5.69 Å². The van der Waals surface area contributed by atoms with Gasteiger partial charge in [-0.25, -0.2) is 4.79 Å². The van der Waals surface area contributed by atoms with E-state index in [1.165, 1.54) is 13.2 Å². The maximum Gasteiger partial charge on any atom is 0.338 e. The van der Waals surface area contributed by atoms with Crippen LogP contribution in [0.2, 0.25) is 5.02 Å². The number of nitro benzene ring substituents is 1. The number of ether oxygens (including phenoxy) is 1. The highest BCUT2D eigenvalue weighted by atomic mass is 35.5. The van der Waals surface area contributed by atoms with E-state index in [4.69, 9.17) is 16.3 Å². The first-order valence-corrected chi connectivity index (χ1v) is 8.98. The maximum atomic E-state index is 12.3. The first kappa shape index (κ1) is 17.5. The molecular formula is C20H17ClN2O4. The Morgan fingerprint density at radius 2 is 2.07 bits per heavy atom. The predicted molar refractivity (Wildman–Crippen MR) is 102 cm³/mol. The van der Waals surface area contributed by atoms with Crippen LogP contribution >= 0.6 is 11.6 Å². The van der Waals surface area contributed by atoms with Crippen molar-refractivity contribution < 1.29 is 14.5 Å². The van der Waals surface area contributed by atoms with Crippen molar-refractivity contribution >= 4 is 28.9 Å². The van der Waals surface area contributed by atoms with Crippen LogP contribution in [0.15, 0.2) is 48.6 Å². The number of hydrogen-bond acceptors (Lipinski definition) is 5. The lowest BCUT2D eigenvalue weighted by atomic mass is 9.75. The number of para-hydroxylation sites is 1. The zero-order valence-electron chi connectivity index (χ0n) is 14.5. The molecule has 0 amide bonds. The number of halogens is 1. The van der Waals surface area contributed by atoms with Crippen molar-refractivity contribution in [1.29, 1.82) is 0 Å². The van der Waals surface area contributed by atoms with Crippen molar-refractivity contribution in [3.8, 4) is 0 Å². The fourth-order valence-electron chi connectivity index (χ4n) is 4.19. The summed E-state index contributed by atoms with van der Waals surface area (Å²) in [5.41, 5.74) is 2.58. The molecule has 0 spiro atoms. The lowest BCUT2D eigenvalue weighted by molar-refractivity contribution is -0.385. The number of esters is 1. The van der Waals surface area contributed by atoms with Crippen LogP contribution in [0.3, 0.4) is 0 Å². The topological polar surface area (TPSA) is 81.5 Å². The van der Waals surface area contributed by atoms with E-state index < -0.39 is 5.97 Å². The first-order chi connectivity index (χ1) is 13.0. The highest BCUT2D eigenvalue weighted by molar-refractivity contribution is 6.33. The molecule has 1 aliphatic heterocycles. The summed E-state index contributed by atoms with van der Waals surface area (Å²) in [6.07, 6.45) is 4.85. The van der Waals surface area contributed by atoms with E-state index in [1.807, 2.05) is 0 Å². The third-order valence-corrected chi connectivity index (χ3v) is 5.66. The summed E-state index contributed by atoms with van der Waals surface area (Å²) in [7, 11) is 1.34. The average molecular weight is 385 g/mol. The van der Waals surface area contributed by atoms with Crippen LogP contribution in [-0.4, -0.2) is 18.0 Å². The number of nitro groups is 1. The second-order valence-electron chi connectivity index (χ2n) is 6.67. The van der Waals surface area contributed by atoms with Crippen LogP contribution in [0.1, 0.15) is 39.9 Å². The van der Waals surface area contributed by atoms with Gasteiger partial charge in [0.05, 0.1) is 39.9 Å².